The number of fused-ring (bicyclic) bond motifs is 1. The molecule has 1 aromatic carbocycles. The molecule has 1 unspecified atom stereocenters. The Morgan fingerprint density at radius 3 is 2.53 bits per heavy atom. The highest BCUT2D eigenvalue weighted by molar-refractivity contribution is 6.13. The number of hydrazone groups is 1. The molecule has 0 bridgehead atoms. The van der Waals surface area contributed by atoms with Crippen LogP contribution in [0.1, 0.15) is 25.7 Å². The molecule has 1 aromatic heterocycles. The Morgan fingerprint density at radius 1 is 1.06 bits per heavy atom. The summed E-state index contributed by atoms with van der Waals surface area (Å²) in [6.07, 6.45) is 7.61. The molecule has 1 atom stereocenters. The van der Waals surface area contributed by atoms with Gasteiger partial charge < -0.3 is 26.6 Å². The van der Waals surface area contributed by atoms with E-state index in [-0.39, 0.29) is 11.9 Å². The number of amidine groups is 2. The second-order valence-corrected chi connectivity index (χ2v) is 9.60. The number of aliphatic imine (C=N–C) groups is 1. The van der Waals surface area contributed by atoms with Crippen LogP contribution >= 0.6 is 0 Å². The van der Waals surface area contributed by atoms with Gasteiger partial charge in [-0.1, -0.05) is 18.2 Å². The molecule has 1 saturated carbocycles. The molecule has 188 valence electrons. The Labute approximate surface area is 211 Å². The van der Waals surface area contributed by atoms with Crippen molar-refractivity contribution in [3.63, 3.8) is 0 Å². The predicted octanol–water partition coefficient (Wildman–Crippen LogP) is 2.35. The molecule has 0 saturated heterocycles. The van der Waals surface area contributed by atoms with Crippen LogP contribution in [0.3, 0.4) is 0 Å². The summed E-state index contributed by atoms with van der Waals surface area (Å²) in [6, 6.07) is 13.6. The SMILES string of the molecule is CN(C)c1ccc(NC(=O)C2CN=C3C(Nc4ccccc4)=CC(N[C@H]4CC[C@H](N)CC4)=NN32)cn1. The topological polar surface area (TPSA) is 123 Å². The summed E-state index contributed by atoms with van der Waals surface area (Å²) in [7, 11) is 3.85. The maximum absolute atomic E-state index is 13.3. The van der Waals surface area contributed by atoms with Gasteiger partial charge in [-0.2, -0.15) is 5.10 Å². The molecule has 2 aromatic rings. The third-order valence-corrected chi connectivity index (χ3v) is 6.62. The number of benzene rings is 1. The van der Waals surface area contributed by atoms with Crippen molar-refractivity contribution in [2.45, 2.75) is 43.8 Å². The Bertz CT molecular complexity index is 1170. The van der Waals surface area contributed by atoms with Crippen LogP contribution in [-0.2, 0) is 4.79 Å². The van der Waals surface area contributed by atoms with Crippen molar-refractivity contribution < 1.29 is 4.79 Å². The highest BCUT2D eigenvalue weighted by Gasteiger charge is 2.38. The number of anilines is 3. The average Bonchev–Trinajstić information content (AvgIpc) is 3.31. The fourth-order valence-corrected chi connectivity index (χ4v) is 4.60. The van der Waals surface area contributed by atoms with Gasteiger partial charge >= 0.3 is 0 Å². The van der Waals surface area contributed by atoms with Crippen molar-refractivity contribution in [2.75, 3.05) is 36.2 Å². The van der Waals surface area contributed by atoms with E-state index < -0.39 is 6.04 Å². The summed E-state index contributed by atoms with van der Waals surface area (Å²) in [6.45, 7) is 0.313. The monoisotopic (exact) mass is 487 g/mol. The van der Waals surface area contributed by atoms with Crippen LogP contribution in [0.2, 0.25) is 0 Å². The molecule has 1 aliphatic carbocycles. The number of para-hydroxylation sites is 1. The van der Waals surface area contributed by atoms with Crippen molar-refractivity contribution in [3.8, 4) is 0 Å². The number of amides is 1. The summed E-state index contributed by atoms with van der Waals surface area (Å²) in [5.74, 6) is 2.00. The zero-order valence-electron chi connectivity index (χ0n) is 20.7. The van der Waals surface area contributed by atoms with Crippen molar-refractivity contribution in [2.24, 2.45) is 15.8 Å². The van der Waals surface area contributed by atoms with E-state index in [2.05, 4.69) is 25.9 Å². The summed E-state index contributed by atoms with van der Waals surface area (Å²) in [5, 5.41) is 16.5. The third-order valence-electron chi connectivity index (χ3n) is 6.62. The van der Waals surface area contributed by atoms with Crippen LogP contribution in [0.5, 0.6) is 0 Å². The van der Waals surface area contributed by atoms with Gasteiger partial charge in [0, 0.05) is 37.9 Å². The molecular weight excluding hydrogens is 454 g/mol. The van der Waals surface area contributed by atoms with E-state index in [9.17, 15) is 4.79 Å². The largest absolute Gasteiger partial charge is 0.366 e. The number of carbonyl (C=O) groups excluding carboxylic acids is 1. The number of nitrogens with zero attached hydrogens (tertiary/aromatic N) is 5. The third kappa shape index (κ3) is 5.33. The number of nitrogens with two attached hydrogens (primary N) is 1. The maximum Gasteiger partial charge on any atom is 0.251 e. The van der Waals surface area contributed by atoms with Crippen LogP contribution in [0.25, 0.3) is 0 Å². The van der Waals surface area contributed by atoms with Crippen LogP contribution in [0.4, 0.5) is 17.2 Å². The summed E-state index contributed by atoms with van der Waals surface area (Å²) < 4.78 is 0. The molecule has 3 heterocycles. The predicted molar refractivity (Wildman–Crippen MR) is 144 cm³/mol. The average molecular weight is 488 g/mol. The van der Waals surface area contributed by atoms with Crippen molar-refractivity contribution in [3.05, 3.63) is 60.4 Å². The van der Waals surface area contributed by atoms with Gasteiger partial charge in [-0.15, -0.1) is 0 Å². The number of nitrogens with one attached hydrogen (secondary N) is 3. The van der Waals surface area contributed by atoms with Crippen LogP contribution in [0.15, 0.2) is 70.5 Å². The van der Waals surface area contributed by atoms with Crippen LogP contribution < -0.4 is 26.6 Å². The molecule has 10 nitrogen and oxygen atoms in total. The lowest BCUT2D eigenvalue weighted by Crippen LogP contribution is -2.48. The first-order chi connectivity index (χ1) is 17.5. The first-order valence-corrected chi connectivity index (χ1v) is 12.4. The molecule has 0 radical (unpaired) electrons. The molecule has 3 aliphatic rings. The Balaban J connectivity index is 1.35. The molecule has 5 N–H and O–H groups in total. The maximum atomic E-state index is 13.3. The Hall–Kier alpha value is -3.92. The van der Waals surface area contributed by atoms with Gasteiger partial charge in [0.1, 0.15) is 11.7 Å². The smallest absolute Gasteiger partial charge is 0.251 e. The van der Waals surface area contributed by atoms with Gasteiger partial charge in [-0.3, -0.25) is 9.79 Å². The molecular formula is C26H33N9O. The van der Waals surface area contributed by atoms with Gasteiger partial charge in [0.2, 0.25) is 0 Å². The van der Waals surface area contributed by atoms with E-state index in [1.54, 1.807) is 11.2 Å². The molecule has 5 rings (SSSR count). The Morgan fingerprint density at radius 2 is 1.83 bits per heavy atom. The normalized spacial score (nSPS) is 23.1. The molecule has 10 heteroatoms. The van der Waals surface area contributed by atoms with Crippen molar-refractivity contribution >= 4 is 34.8 Å². The molecule has 2 aliphatic heterocycles. The first kappa shape index (κ1) is 23.8. The molecule has 36 heavy (non-hydrogen) atoms. The zero-order valence-corrected chi connectivity index (χ0v) is 20.7. The molecule has 1 amide bonds. The minimum atomic E-state index is -0.564. The second kappa shape index (κ2) is 10.4. The van der Waals surface area contributed by atoms with Gasteiger partial charge in [-0.05, 0) is 49.9 Å². The quantitative estimate of drug-likeness (QED) is 0.493. The van der Waals surface area contributed by atoms with E-state index >= 15 is 0 Å². The van der Waals surface area contributed by atoms with E-state index in [1.807, 2.05) is 67.5 Å². The minimum absolute atomic E-state index is 0.180. The van der Waals surface area contributed by atoms with Crippen molar-refractivity contribution in [1.29, 1.82) is 0 Å². The number of hydrogen-bond acceptors (Lipinski definition) is 9. The number of aromatic nitrogens is 1. The number of hydrogen-bond donors (Lipinski definition) is 4. The standard InChI is InChI=1S/C26H33N9O/c1-34(2)24-13-12-20(15-28-24)32-26(36)22-16-29-25-21(30-18-6-4-3-5-7-18)14-23(33-35(22)25)31-19-10-8-17(27)9-11-19/h3-7,12-15,17,19,22,30H,8-11,16,27H2,1-2H3,(H,31,33)(H,32,36)/t17-,19-,22?. The highest BCUT2D eigenvalue weighted by atomic mass is 16.2. The van der Waals surface area contributed by atoms with E-state index in [0.717, 1.165) is 42.9 Å². The summed E-state index contributed by atoms with van der Waals surface area (Å²) >= 11 is 0. The van der Waals surface area contributed by atoms with Crippen molar-refractivity contribution in [1.82, 2.24) is 15.3 Å². The second-order valence-electron chi connectivity index (χ2n) is 9.60. The van der Waals surface area contributed by atoms with Crippen LogP contribution in [0, 0.1) is 0 Å². The fourth-order valence-electron chi connectivity index (χ4n) is 4.60. The van der Waals surface area contributed by atoms with Crippen LogP contribution in [-0.4, -0.2) is 66.3 Å². The number of carbonyl (C=O) groups is 1. The number of pyridine rings is 1. The van der Waals surface area contributed by atoms with E-state index in [4.69, 9.17) is 10.8 Å². The van der Waals surface area contributed by atoms with Gasteiger partial charge in [-0.25, -0.2) is 9.99 Å². The first-order valence-electron chi connectivity index (χ1n) is 12.4. The Kier molecular flexibility index (Phi) is 6.86. The van der Waals surface area contributed by atoms with Gasteiger partial charge in [0.25, 0.3) is 5.91 Å². The summed E-state index contributed by atoms with van der Waals surface area (Å²) in [5.41, 5.74) is 8.47. The minimum Gasteiger partial charge on any atom is -0.366 e. The van der Waals surface area contributed by atoms with Gasteiger partial charge in [0.05, 0.1) is 24.1 Å². The van der Waals surface area contributed by atoms with E-state index in [0.29, 0.717) is 29.9 Å². The number of rotatable bonds is 6. The fraction of sp³-hybridized carbons (Fsp3) is 0.385. The highest BCUT2D eigenvalue weighted by Crippen LogP contribution is 2.25. The molecule has 1 fully saturated rings. The van der Waals surface area contributed by atoms with Gasteiger partial charge in [0.15, 0.2) is 11.9 Å². The lowest BCUT2D eigenvalue weighted by Gasteiger charge is -2.31. The molecule has 0 spiro atoms. The summed E-state index contributed by atoms with van der Waals surface area (Å²) in [4.78, 5) is 24.3. The lowest BCUT2D eigenvalue weighted by molar-refractivity contribution is -0.119. The lowest BCUT2D eigenvalue weighted by atomic mass is 9.92. The van der Waals surface area contributed by atoms with E-state index in [1.165, 1.54) is 0 Å². The zero-order chi connectivity index (χ0) is 25.1.